The van der Waals surface area contributed by atoms with Crippen LogP contribution in [0.25, 0.3) is 17.2 Å². The van der Waals surface area contributed by atoms with Gasteiger partial charge < -0.3 is 15.3 Å². The van der Waals surface area contributed by atoms with Crippen molar-refractivity contribution in [3.63, 3.8) is 0 Å². The van der Waals surface area contributed by atoms with Crippen molar-refractivity contribution in [2.45, 2.75) is 25.0 Å². The number of likely N-dealkylation sites (N-methyl/N-ethyl adjacent to an activating group) is 1. The van der Waals surface area contributed by atoms with E-state index >= 15 is 0 Å². The van der Waals surface area contributed by atoms with Gasteiger partial charge in [0.25, 0.3) is 5.91 Å². The molecule has 0 unspecified atom stereocenters. The molecular formula is C22H24N10O2. The number of carbonyl (C=O) groups excluding carboxylic acids is 1. The Balaban J connectivity index is 1.38. The van der Waals surface area contributed by atoms with Crippen LogP contribution in [0.1, 0.15) is 30.6 Å². The summed E-state index contributed by atoms with van der Waals surface area (Å²) >= 11 is 0. The summed E-state index contributed by atoms with van der Waals surface area (Å²) in [5, 5.41) is 26.4. The molecule has 0 bridgehead atoms. The number of hydrogen-bond donors (Lipinski definition) is 2. The molecule has 174 valence electrons. The van der Waals surface area contributed by atoms with E-state index in [9.17, 15) is 9.90 Å². The summed E-state index contributed by atoms with van der Waals surface area (Å²) in [6.07, 6.45) is 7.20. The minimum Gasteiger partial charge on any atom is -0.374 e. The molecule has 0 aromatic carbocycles. The topological polar surface area (TPSA) is 140 Å². The van der Waals surface area contributed by atoms with Crippen LogP contribution in [-0.2, 0) is 17.4 Å². The summed E-state index contributed by atoms with van der Waals surface area (Å²) in [5.41, 5.74) is 0.802. The average molecular weight is 461 g/mol. The summed E-state index contributed by atoms with van der Waals surface area (Å²) in [4.78, 5) is 27.4. The van der Waals surface area contributed by atoms with Crippen molar-refractivity contribution in [1.29, 1.82) is 0 Å². The Kier molecular flexibility index (Phi) is 5.28. The van der Waals surface area contributed by atoms with E-state index in [0.717, 1.165) is 5.56 Å². The maximum absolute atomic E-state index is 12.4. The lowest BCUT2D eigenvalue weighted by Crippen LogP contribution is -2.36. The molecule has 1 saturated heterocycles. The summed E-state index contributed by atoms with van der Waals surface area (Å²) in [5.74, 6) is 0.563. The highest BCUT2D eigenvalue weighted by Crippen LogP contribution is 2.31. The summed E-state index contributed by atoms with van der Waals surface area (Å²) < 4.78 is 3.18. The SMILES string of the molecule is C[C@@H](Nc1nccc(-c2cccc(-n3cc([C@]4(O)CCN(C)C4=O)nn3)n2)n1)c1cnn(C)c1. The van der Waals surface area contributed by atoms with Gasteiger partial charge in [-0.05, 0) is 25.1 Å². The van der Waals surface area contributed by atoms with Gasteiger partial charge in [-0.25, -0.2) is 19.6 Å². The number of rotatable bonds is 6. The smallest absolute Gasteiger partial charge is 0.260 e. The van der Waals surface area contributed by atoms with Crippen LogP contribution >= 0.6 is 0 Å². The molecule has 34 heavy (non-hydrogen) atoms. The zero-order valence-electron chi connectivity index (χ0n) is 19.0. The quantitative estimate of drug-likeness (QED) is 0.432. The number of hydrogen-bond acceptors (Lipinski definition) is 9. The number of aromatic nitrogens is 8. The third-order valence-electron chi connectivity index (χ3n) is 5.88. The number of aryl methyl sites for hydroxylation is 1. The van der Waals surface area contributed by atoms with Crippen LogP contribution in [0, 0.1) is 0 Å². The lowest BCUT2D eigenvalue weighted by Gasteiger charge is -2.17. The zero-order valence-corrected chi connectivity index (χ0v) is 19.0. The molecule has 4 aromatic rings. The third kappa shape index (κ3) is 3.88. The number of anilines is 1. The Morgan fingerprint density at radius 3 is 2.71 bits per heavy atom. The van der Waals surface area contributed by atoms with Gasteiger partial charge in [0.15, 0.2) is 11.4 Å². The number of nitrogens with zero attached hydrogens (tertiary/aromatic N) is 9. The number of pyridine rings is 1. The van der Waals surface area contributed by atoms with Gasteiger partial charge in [0, 0.05) is 45.0 Å². The van der Waals surface area contributed by atoms with Crippen LogP contribution in [0.15, 0.2) is 49.1 Å². The van der Waals surface area contributed by atoms with E-state index in [1.165, 1.54) is 15.8 Å². The van der Waals surface area contributed by atoms with Gasteiger partial charge in [-0.3, -0.25) is 9.48 Å². The first-order chi connectivity index (χ1) is 16.3. The highest BCUT2D eigenvalue weighted by Gasteiger charge is 2.47. The first-order valence-electron chi connectivity index (χ1n) is 10.8. The van der Waals surface area contributed by atoms with E-state index in [1.807, 2.05) is 32.3 Å². The van der Waals surface area contributed by atoms with E-state index in [0.29, 0.717) is 29.7 Å². The molecule has 0 spiro atoms. The standard InChI is InChI=1S/C22H24N10O2/c1-14(15-11-24-31(3)12-15)25-21-23-9-7-17(27-21)16-5-4-6-19(26-16)32-13-18(28-29-32)22(34)8-10-30(2)20(22)33/h4-7,9,11-14,34H,8,10H2,1-3H3,(H,23,25,27)/t14-,22-/m1/s1. The van der Waals surface area contributed by atoms with Crippen molar-refractivity contribution in [2.75, 3.05) is 18.9 Å². The second-order valence-electron chi connectivity index (χ2n) is 8.35. The molecule has 5 rings (SSSR count). The van der Waals surface area contributed by atoms with Gasteiger partial charge in [0.05, 0.1) is 29.8 Å². The van der Waals surface area contributed by atoms with E-state index in [2.05, 4.69) is 35.7 Å². The van der Waals surface area contributed by atoms with E-state index in [4.69, 9.17) is 0 Å². The van der Waals surface area contributed by atoms with Gasteiger partial charge >= 0.3 is 0 Å². The van der Waals surface area contributed by atoms with Crippen LogP contribution in [-0.4, -0.2) is 69.2 Å². The zero-order chi connectivity index (χ0) is 23.9. The number of amides is 1. The Hall–Kier alpha value is -4.19. The van der Waals surface area contributed by atoms with Crippen LogP contribution in [0.2, 0.25) is 0 Å². The van der Waals surface area contributed by atoms with Crippen LogP contribution in [0.5, 0.6) is 0 Å². The monoisotopic (exact) mass is 460 g/mol. The predicted octanol–water partition coefficient (Wildman–Crippen LogP) is 1.08. The highest BCUT2D eigenvalue weighted by atomic mass is 16.3. The summed E-state index contributed by atoms with van der Waals surface area (Å²) in [6, 6.07) is 7.17. The van der Waals surface area contributed by atoms with Crippen molar-refractivity contribution in [1.82, 2.24) is 44.6 Å². The Morgan fingerprint density at radius 2 is 1.97 bits per heavy atom. The van der Waals surface area contributed by atoms with Gasteiger partial charge in [0.1, 0.15) is 5.69 Å². The first-order valence-corrected chi connectivity index (χ1v) is 10.8. The number of nitrogens with one attached hydrogen (secondary N) is 1. The first kappa shape index (κ1) is 21.6. The molecule has 0 aliphatic carbocycles. The fourth-order valence-electron chi connectivity index (χ4n) is 3.86. The molecule has 1 amide bonds. The van der Waals surface area contributed by atoms with E-state index in [1.54, 1.807) is 36.3 Å². The fourth-order valence-corrected chi connectivity index (χ4v) is 3.86. The van der Waals surface area contributed by atoms with Crippen LogP contribution in [0.3, 0.4) is 0 Å². The lowest BCUT2D eigenvalue weighted by atomic mass is 9.99. The molecular weight excluding hydrogens is 436 g/mol. The highest BCUT2D eigenvalue weighted by molar-refractivity contribution is 5.87. The van der Waals surface area contributed by atoms with Gasteiger partial charge in [-0.1, -0.05) is 11.3 Å². The fraction of sp³-hybridized carbons (Fsp3) is 0.318. The minimum atomic E-state index is -1.66. The molecule has 1 aliphatic heterocycles. The normalized spacial score (nSPS) is 18.9. The van der Waals surface area contributed by atoms with Crippen molar-refractivity contribution >= 4 is 11.9 Å². The lowest BCUT2D eigenvalue weighted by molar-refractivity contribution is -0.143. The second-order valence-corrected chi connectivity index (χ2v) is 8.35. The number of likely N-dealkylation sites (tertiary alicyclic amines) is 1. The molecule has 12 nitrogen and oxygen atoms in total. The van der Waals surface area contributed by atoms with Gasteiger partial charge in [0.2, 0.25) is 5.95 Å². The molecule has 1 fully saturated rings. The van der Waals surface area contributed by atoms with Crippen molar-refractivity contribution in [3.05, 3.63) is 60.3 Å². The molecule has 2 N–H and O–H groups in total. The van der Waals surface area contributed by atoms with E-state index in [-0.39, 0.29) is 24.1 Å². The van der Waals surface area contributed by atoms with E-state index < -0.39 is 5.60 Å². The Labute approximate surface area is 195 Å². The third-order valence-corrected chi connectivity index (χ3v) is 5.88. The van der Waals surface area contributed by atoms with Crippen molar-refractivity contribution < 1.29 is 9.90 Å². The second kappa shape index (κ2) is 8.30. The van der Waals surface area contributed by atoms with Crippen molar-refractivity contribution in [3.8, 4) is 17.2 Å². The largest absolute Gasteiger partial charge is 0.374 e. The predicted molar refractivity (Wildman–Crippen MR) is 122 cm³/mol. The maximum atomic E-state index is 12.4. The Bertz CT molecular complexity index is 1350. The average Bonchev–Trinajstić information content (AvgIpc) is 3.57. The number of carbonyl (C=O) groups is 1. The molecule has 4 aromatic heterocycles. The van der Waals surface area contributed by atoms with Crippen LogP contribution in [0.4, 0.5) is 5.95 Å². The van der Waals surface area contributed by atoms with Gasteiger partial charge in [-0.2, -0.15) is 5.10 Å². The minimum absolute atomic E-state index is 0.0278. The molecule has 0 radical (unpaired) electrons. The number of aliphatic hydroxyl groups is 1. The molecule has 2 atom stereocenters. The van der Waals surface area contributed by atoms with Crippen molar-refractivity contribution in [2.24, 2.45) is 7.05 Å². The molecule has 1 aliphatic rings. The van der Waals surface area contributed by atoms with Gasteiger partial charge in [-0.15, -0.1) is 5.10 Å². The molecule has 12 heteroatoms. The molecule has 0 saturated carbocycles. The summed E-state index contributed by atoms with van der Waals surface area (Å²) in [7, 11) is 3.52. The Morgan fingerprint density at radius 1 is 1.15 bits per heavy atom. The molecule has 5 heterocycles. The van der Waals surface area contributed by atoms with Crippen LogP contribution < -0.4 is 5.32 Å². The maximum Gasteiger partial charge on any atom is 0.260 e. The summed E-state index contributed by atoms with van der Waals surface area (Å²) in [6.45, 7) is 2.47.